The molecule has 2 aliphatic rings. The first-order valence-electron chi connectivity index (χ1n) is 12.0. The molecule has 1 aliphatic heterocycles. The summed E-state index contributed by atoms with van der Waals surface area (Å²) in [5.41, 5.74) is 5.58. The van der Waals surface area contributed by atoms with E-state index in [1.165, 1.54) is 11.3 Å². The number of anilines is 1. The molecule has 1 aromatic carbocycles. The van der Waals surface area contributed by atoms with Gasteiger partial charge in [0.2, 0.25) is 5.91 Å². The quantitative estimate of drug-likeness (QED) is 0.594. The first kappa shape index (κ1) is 21.6. The van der Waals surface area contributed by atoms with Gasteiger partial charge in [-0.1, -0.05) is 36.4 Å². The average Bonchev–Trinajstić information content (AvgIpc) is 3.34. The van der Waals surface area contributed by atoms with E-state index in [2.05, 4.69) is 22.0 Å². The van der Waals surface area contributed by atoms with Gasteiger partial charge in [-0.3, -0.25) is 9.78 Å². The third-order valence-electron chi connectivity index (χ3n) is 6.89. The molecule has 2 aromatic heterocycles. The zero-order valence-corrected chi connectivity index (χ0v) is 19.5. The number of carbonyl (C=O) groups excluding carboxylic acids is 1. The van der Waals surface area contributed by atoms with Crippen LogP contribution >= 0.6 is 0 Å². The molecule has 33 heavy (non-hydrogen) atoms. The SMILES string of the molecule is Cc1cccnc1CN(C)C(=O)[C@H]1CCCN(c2nc(-c3ccccc3)nc3c2CCC3)C1. The fourth-order valence-electron chi connectivity index (χ4n) is 5.06. The predicted octanol–water partition coefficient (Wildman–Crippen LogP) is 4.21. The Kier molecular flexibility index (Phi) is 6.07. The fourth-order valence-corrected chi connectivity index (χ4v) is 5.06. The minimum absolute atomic E-state index is 0.0278. The van der Waals surface area contributed by atoms with E-state index in [0.29, 0.717) is 13.1 Å². The highest BCUT2D eigenvalue weighted by molar-refractivity contribution is 5.79. The normalized spacial score (nSPS) is 17.6. The van der Waals surface area contributed by atoms with Crippen LogP contribution in [-0.2, 0) is 24.2 Å². The van der Waals surface area contributed by atoms with E-state index in [1.54, 1.807) is 6.20 Å². The summed E-state index contributed by atoms with van der Waals surface area (Å²) < 4.78 is 0. The summed E-state index contributed by atoms with van der Waals surface area (Å²) in [7, 11) is 1.89. The van der Waals surface area contributed by atoms with Gasteiger partial charge in [-0.05, 0) is 50.7 Å². The van der Waals surface area contributed by atoms with E-state index in [4.69, 9.17) is 9.97 Å². The molecule has 6 nitrogen and oxygen atoms in total. The molecule has 1 saturated heterocycles. The smallest absolute Gasteiger partial charge is 0.227 e. The van der Waals surface area contributed by atoms with Crippen LogP contribution in [0.5, 0.6) is 0 Å². The average molecular weight is 442 g/mol. The molecule has 170 valence electrons. The number of rotatable bonds is 5. The predicted molar refractivity (Wildman–Crippen MR) is 130 cm³/mol. The molecule has 0 radical (unpaired) electrons. The number of fused-ring (bicyclic) bond motifs is 1. The lowest BCUT2D eigenvalue weighted by Crippen LogP contribution is -2.44. The Morgan fingerprint density at radius 2 is 1.94 bits per heavy atom. The first-order valence-corrected chi connectivity index (χ1v) is 12.0. The Hall–Kier alpha value is -3.28. The van der Waals surface area contributed by atoms with Crippen molar-refractivity contribution >= 4 is 11.7 Å². The number of amides is 1. The van der Waals surface area contributed by atoms with Gasteiger partial charge in [-0.25, -0.2) is 9.97 Å². The standard InChI is InChI=1S/C27H31N5O/c1-19-9-7-15-28-24(19)18-31(2)27(33)21-12-8-16-32(17-21)26-22-13-6-14-23(22)29-25(30-26)20-10-4-3-5-11-20/h3-5,7,9-11,15,21H,6,8,12-14,16-18H2,1-2H3/t21-/m0/s1. The third-order valence-corrected chi connectivity index (χ3v) is 6.89. The summed E-state index contributed by atoms with van der Waals surface area (Å²) in [5.74, 6) is 2.00. The summed E-state index contributed by atoms with van der Waals surface area (Å²) in [6, 6.07) is 14.2. The zero-order chi connectivity index (χ0) is 22.8. The van der Waals surface area contributed by atoms with E-state index in [0.717, 1.165) is 67.1 Å². The van der Waals surface area contributed by atoms with Gasteiger partial charge in [0.15, 0.2) is 5.82 Å². The van der Waals surface area contributed by atoms with Crippen LogP contribution in [0, 0.1) is 12.8 Å². The van der Waals surface area contributed by atoms with Crippen LogP contribution in [0.2, 0.25) is 0 Å². The fraction of sp³-hybridized carbons (Fsp3) is 0.407. The molecule has 0 N–H and O–H groups in total. The van der Waals surface area contributed by atoms with Crippen molar-refractivity contribution in [3.63, 3.8) is 0 Å². The largest absolute Gasteiger partial charge is 0.355 e. The van der Waals surface area contributed by atoms with Gasteiger partial charge in [0.1, 0.15) is 5.82 Å². The number of aromatic nitrogens is 3. The van der Waals surface area contributed by atoms with Gasteiger partial charge in [-0.2, -0.15) is 0 Å². The lowest BCUT2D eigenvalue weighted by Gasteiger charge is -2.35. The lowest BCUT2D eigenvalue weighted by atomic mass is 9.96. The highest BCUT2D eigenvalue weighted by Crippen LogP contribution is 2.34. The summed E-state index contributed by atoms with van der Waals surface area (Å²) in [5, 5.41) is 0. The van der Waals surface area contributed by atoms with Crippen LogP contribution < -0.4 is 4.90 Å². The van der Waals surface area contributed by atoms with Crippen LogP contribution in [0.15, 0.2) is 48.7 Å². The van der Waals surface area contributed by atoms with Crippen molar-refractivity contribution in [2.75, 3.05) is 25.0 Å². The number of nitrogens with zero attached hydrogens (tertiary/aromatic N) is 5. The van der Waals surface area contributed by atoms with Crippen LogP contribution in [-0.4, -0.2) is 45.9 Å². The highest BCUT2D eigenvalue weighted by atomic mass is 16.2. The van der Waals surface area contributed by atoms with Crippen LogP contribution in [0.25, 0.3) is 11.4 Å². The van der Waals surface area contributed by atoms with Gasteiger partial charge in [0.25, 0.3) is 0 Å². The molecule has 0 saturated carbocycles. The van der Waals surface area contributed by atoms with Crippen LogP contribution in [0.3, 0.4) is 0 Å². The summed E-state index contributed by atoms with van der Waals surface area (Å²) in [6.45, 7) is 4.23. The molecule has 3 heterocycles. The molecule has 1 fully saturated rings. The molecule has 1 aliphatic carbocycles. The minimum atomic E-state index is -0.0278. The first-order chi connectivity index (χ1) is 16.1. The van der Waals surface area contributed by atoms with Crippen LogP contribution in [0.1, 0.15) is 41.8 Å². The van der Waals surface area contributed by atoms with Crippen molar-refractivity contribution in [3.05, 3.63) is 71.2 Å². The molecule has 0 spiro atoms. The Labute approximate surface area is 195 Å². The Morgan fingerprint density at radius 3 is 2.76 bits per heavy atom. The number of carbonyl (C=O) groups is 1. The second-order valence-corrected chi connectivity index (χ2v) is 9.26. The summed E-state index contributed by atoms with van der Waals surface area (Å²) in [6.07, 6.45) is 6.85. The number of benzene rings is 1. The van der Waals surface area contributed by atoms with E-state index in [9.17, 15) is 4.79 Å². The van der Waals surface area contributed by atoms with Gasteiger partial charge in [0, 0.05) is 43.2 Å². The van der Waals surface area contributed by atoms with Crippen molar-refractivity contribution in [2.24, 2.45) is 5.92 Å². The second kappa shape index (κ2) is 9.30. The Balaban J connectivity index is 1.37. The maximum absolute atomic E-state index is 13.4. The van der Waals surface area contributed by atoms with E-state index >= 15 is 0 Å². The van der Waals surface area contributed by atoms with Crippen molar-refractivity contribution in [1.29, 1.82) is 0 Å². The maximum Gasteiger partial charge on any atom is 0.227 e. The van der Waals surface area contributed by atoms with Crippen molar-refractivity contribution in [2.45, 2.75) is 45.6 Å². The van der Waals surface area contributed by atoms with Gasteiger partial charge in [0.05, 0.1) is 18.2 Å². The van der Waals surface area contributed by atoms with E-state index < -0.39 is 0 Å². The molecule has 6 heteroatoms. The number of hydrogen-bond acceptors (Lipinski definition) is 5. The molecular formula is C27H31N5O. The maximum atomic E-state index is 13.4. The number of piperidine rings is 1. The van der Waals surface area contributed by atoms with Gasteiger partial charge in [-0.15, -0.1) is 0 Å². The van der Waals surface area contributed by atoms with E-state index in [-0.39, 0.29) is 11.8 Å². The Bertz CT molecular complexity index is 1150. The number of pyridine rings is 1. The molecule has 1 amide bonds. The molecule has 5 rings (SSSR count). The monoisotopic (exact) mass is 441 g/mol. The topological polar surface area (TPSA) is 62.2 Å². The third kappa shape index (κ3) is 4.47. The molecular weight excluding hydrogens is 410 g/mol. The minimum Gasteiger partial charge on any atom is -0.355 e. The number of hydrogen-bond donors (Lipinski definition) is 0. The molecule has 0 bridgehead atoms. The lowest BCUT2D eigenvalue weighted by molar-refractivity contribution is -0.135. The second-order valence-electron chi connectivity index (χ2n) is 9.26. The van der Waals surface area contributed by atoms with E-state index in [1.807, 2.05) is 49.2 Å². The van der Waals surface area contributed by atoms with Gasteiger partial charge < -0.3 is 9.80 Å². The van der Waals surface area contributed by atoms with Gasteiger partial charge >= 0.3 is 0 Å². The molecule has 3 aromatic rings. The Morgan fingerprint density at radius 1 is 1.09 bits per heavy atom. The molecule has 0 unspecified atom stereocenters. The van der Waals surface area contributed by atoms with Crippen molar-refractivity contribution in [1.82, 2.24) is 19.9 Å². The zero-order valence-electron chi connectivity index (χ0n) is 19.5. The van der Waals surface area contributed by atoms with Crippen LogP contribution in [0.4, 0.5) is 5.82 Å². The molecule has 1 atom stereocenters. The highest BCUT2D eigenvalue weighted by Gasteiger charge is 2.31. The van der Waals surface area contributed by atoms with Crippen molar-refractivity contribution < 1.29 is 4.79 Å². The number of aryl methyl sites for hydroxylation is 2. The van der Waals surface area contributed by atoms with Crippen molar-refractivity contribution in [3.8, 4) is 11.4 Å². The summed E-state index contributed by atoms with van der Waals surface area (Å²) >= 11 is 0. The summed E-state index contributed by atoms with van der Waals surface area (Å²) in [4.78, 5) is 31.9.